The van der Waals surface area contributed by atoms with Crippen LogP contribution in [0.25, 0.3) is 11.0 Å². The van der Waals surface area contributed by atoms with Gasteiger partial charge in [0, 0.05) is 13.2 Å². The summed E-state index contributed by atoms with van der Waals surface area (Å²) >= 11 is 8.58. The lowest BCUT2D eigenvalue weighted by Crippen LogP contribution is -2.20. The Labute approximate surface area is 124 Å². The molecule has 2 rings (SSSR count). The van der Waals surface area contributed by atoms with Gasteiger partial charge in [-0.05, 0) is 40.1 Å². The maximum absolute atomic E-state index is 13.6. The van der Waals surface area contributed by atoms with Crippen LogP contribution in [0.5, 0.6) is 0 Å². The number of aromatic amines is 1. The van der Waals surface area contributed by atoms with E-state index in [0.717, 1.165) is 5.52 Å². The fourth-order valence-electron chi connectivity index (χ4n) is 2.19. The van der Waals surface area contributed by atoms with Crippen LogP contribution in [0.15, 0.2) is 16.6 Å². The van der Waals surface area contributed by atoms with E-state index in [1.165, 1.54) is 6.07 Å². The van der Waals surface area contributed by atoms with Gasteiger partial charge in [-0.25, -0.2) is 4.39 Å². The number of ether oxygens (including phenoxy) is 1. The van der Waals surface area contributed by atoms with Crippen LogP contribution in [0.4, 0.5) is 4.39 Å². The zero-order valence-corrected chi connectivity index (χ0v) is 13.4. The van der Waals surface area contributed by atoms with Gasteiger partial charge in [-0.2, -0.15) is 0 Å². The molecule has 1 N–H and O–H groups in total. The molecule has 1 heterocycles. The van der Waals surface area contributed by atoms with Crippen molar-refractivity contribution in [2.24, 2.45) is 5.92 Å². The van der Waals surface area contributed by atoms with Crippen molar-refractivity contribution in [2.45, 2.75) is 19.9 Å². The Morgan fingerprint density at radius 2 is 2.16 bits per heavy atom. The predicted octanol–water partition coefficient (Wildman–Crippen LogP) is 4.44. The number of hydrogen-bond donors (Lipinski definition) is 1. The molecule has 2 aromatic rings. The summed E-state index contributed by atoms with van der Waals surface area (Å²) in [4.78, 5) is 3.05. The number of rotatable bonds is 4. The standard InChI is InChI=1S/C13H16BrFN2OS/c1-7(2)12(6-18-3)17-11-4-8(14)9(15)5-10(11)16-13(17)19/h4-5,7,12H,6H2,1-3H3,(H,16,19). The van der Waals surface area contributed by atoms with Gasteiger partial charge in [0.05, 0.1) is 28.2 Å². The van der Waals surface area contributed by atoms with Gasteiger partial charge in [0.1, 0.15) is 5.82 Å². The van der Waals surface area contributed by atoms with Crippen molar-refractivity contribution in [3.8, 4) is 0 Å². The quantitative estimate of drug-likeness (QED) is 0.829. The van der Waals surface area contributed by atoms with E-state index in [2.05, 4.69) is 34.8 Å². The highest BCUT2D eigenvalue weighted by Gasteiger charge is 2.20. The maximum atomic E-state index is 13.6. The molecule has 0 radical (unpaired) electrons. The van der Waals surface area contributed by atoms with Crippen LogP contribution < -0.4 is 0 Å². The first kappa shape index (κ1) is 14.7. The monoisotopic (exact) mass is 346 g/mol. The van der Waals surface area contributed by atoms with Crippen molar-refractivity contribution in [1.82, 2.24) is 9.55 Å². The Morgan fingerprint density at radius 3 is 2.74 bits per heavy atom. The van der Waals surface area contributed by atoms with E-state index in [9.17, 15) is 4.39 Å². The molecule has 0 saturated carbocycles. The van der Waals surface area contributed by atoms with Crippen molar-refractivity contribution in [1.29, 1.82) is 0 Å². The number of halogens is 2. The van der Waals surface area contributed by atoms with E-state index in [-0.39, 0.29) is 11.9 Å². The number of aromatic nitrogens is 2. The van der Waals surface area contributed by atoms with E-state index >= 15 is 0 Å². The lowest BCUT2D eigenvalue weighted by Gasteiger charge is -2.22. The summed E-state index contributed by atoms with van der Waals surface area (Å²) in [5.74, 6) is 0.0539. The van der Waals surface area contributed by atoms with Gasteiger partial charge in [0.25, 0.3) is 0 Å². The minimum absolute atomic E-state index is 0.114. The molecule has 19 heavy (non-hydrogen) atoms. The minimum Gasteiger partial charge on any atom is -0.383 e. The normalized spacial score (nSPS) is 13.4. The lowest BCUT2D eigenvalue weighted by molar-refractivity contribution is 0.134. The van der Waals surface area contributed by atoms with Crippen LogP contribution in [-0.2, 0) is 4.74 Å². The largest absolute Gasteiger partial charge is 0.383 e. The molecule has 1 unspecified atom stereocenters. The Bertz CT molecular complexity index is 650. The SMILES string of the molecule is COCC(C(C)C)n1c(=S)[nH]c2cc(F)c(Br)cc21. The number of nitrogens with one attached hydrogen (secondary N) is 1. The van der Waals surface area contributed by atoms with Crippen molar-refractivity contribution in [3.63, 3.8) is 0 Å². The summed E-state index contributed by atoms with van der Waals surface area (Å²) in [5.41, 5.74) is 1.58. The molecule has 1 aromatic heterocycles. The molecule has 0 aliphatic carbocycles. The predicted molar refractivity (Wildman–Crippen MR) is 80.5 cm³/mol. The molecule has 1 atom stereocenters. The fourth-order valence-corrected chi connectivity index (χ4v) is 2.86. The van der Waals surface area contributed by atoms with Crippen LogP contribution in [-0.4, -0.2) is 23.3 Å². The van der Waals surface area contributed by atoms with E-state index in [4.69, 9.17) is 17.0 Å². The van der Waals surface area contributed by atoms with Gasteiger partial charge in [-0.3, -0.25) is 0 Å². The van der Waals surface area contributed by atoms with Crippen LogP contribution in [0.1, 0.15) is 19.9 Å². The summed E-state index contributed by atoms with van der Waals surface area (Å²) < 4.78 is 21.9. The molecule has 0 aliphatic rings. The fraction of sp³-hybridized carbons (Fsp3) is 0.462. The zero-order valence-electron chi connectivity index (χ0n) is 11.0. The Kier molecular flexibility index (Phi) is 4.43. The topological polar surface area (TPSA) is 29.9 Å². The summed E-state index contributed by atoms with van der Waals surface area (Å²) in [6.07, 6.45) is 0. The second-order valence-corrected chi connectivity index (χ2v) is 6.09. The molecule has 0 spiro atoms. The Morgan fingerprint density at radius 1 is 1.47 bits per heavy atom. The highest BCUT2D eigenvalue weighted by Crippen LogP contribution is 2.28. The average Bonchev–Trinajstić information content (AvgIpc) is 2.62. The number of benzene rings is 1. The highest BCUT2D eigenvalue weighted by molar-refractivity contribution is 9.10. The van der Waals surface area contributed by atoms with E-state index in [1.54, 1.807) is 13.2 Å². The first-order chi connectivity index (χ1) is 8.95. The van der Waals surface area contributed by atoms with Crippen LogP contribution in [0.3, 0.4) is 0 Å². The average molecular weight is 347 g/mol. The third-order valence-corrected chi connectivity index (χ3v) is 4.10. The molecule has 0 saturated heterocycles. The van der Waals surface area contributed by atoms with Crippen LogP contribution >= 0.6 is 28.1 Å². The maximum Gasteiger partial charge on any atom is 0.178 e. The van der Waals surface area contributed by atoms with Crippen molar-refractivity contribution >= 4 is 39.2 Å². The number of nitrogens with zero attached hydrogens (tertiary/aromatic N) is 1. The molecule has 3 nitrogen and oxygen atoms in total. The van der Waals surface area contributed by atoms with E-state index in [0.29, 0.717) is 27.3 Å². The second-order valence-electron chi connectivity index (χ2n) is 4.85. The molecule has 0 aliphatic heterocycles. The second kappa shape index (κ2) is 5.73. The first-order valence-electron chi connectivity index (χ1n) is 6.04. The number of imidazole rings is 1. The molecule has 0 amide bonds. The summed E-state index contributed by atoms with van der Waals surface area (Å²) in [6, 6.07) is 3.32. The van der Waals surface area contributed by atoms with Gasteiger partial charge in [-0.1, -0.05) is 13.8 Å². The molecule has 104 valence electrons. The molecule has 0 fully saturated rings. The van der Waals surface area contributed by atoms with Gasteiger partial charge >= 0.3 is 0 Å². The molecule has 1 aromatic carbocycles. The lowest BCUT2D eigenvalue weighted by atomic mass is 10.1. The molecule has 0 bridgehead atoms. The van der Waals surface area contributed by atoms with Crippen molar-refractivity contribution in [3.05, 3.63) is 27.2 Å². The Balaban J connectivity index is 2.68. The summed E-state index contributed by atoms with van der Waals surface area (Å²) in [5, 5.41) is 0. The summed E-state index contributed by atoms with van der Waals surface area (Å²) in [6.45, 7) is 4.79. The minimum atomic E-state index is -0.302. The molecule has 6 heteroatoms. The molecular formula is C13H16BrFN2OS. The Hall–Kier alpha value is -0.720. The number of methoxy groups -OCH3 is 1. The number of hydrogen-bond acceptors (Lipinski definition) is 2. The van der Waals surface area contributed by atoms with E-state index < -0.39 is 0 Å². The van der Waals surface area contributed by atoms with Crippen LogP contribution in [0, 0.1) is 16.5 Å². The van der Waals surface area contributed by atoms with Gasteiger partial charge in [-0.15, -0.1) is 0 Å². The van der Waals surface area contributed by atoms with Gasteiger partial charge in [0.2, 0.25) is 0 Å². The number of H-pyrrole nitrogens is 1. The summed E-state index contributed by atoms with van der Waals surface area (Å²) in [7, 11) is 1.67. The van der Waals surface area contributed by atoms with Crippen molar-refractivity contribution in [2.75, 3.05) is 13.7 Å². The third-order valence-electron chi connectivity index (χ3n) is 3.20. The van der Waals surface area contributed by atoms with Crippen LogP contribution in [0.2, 0.25) is 0 Å². The van der Waals surface area contributed by atoms with E-state index in [1.807, 2.05) is 4.57 Å². The highest BCUT2D eigenvalue weighted by atomic mass is 79.9. The van der Waals surface area contributed by atoms with Gasteiger partial charge < -0.3 is 14.3 Å². The smallest absolute Gasteiger partial charge is 0.178 e. The zero-order chi connectivity index (χ0) is 14.2. The first-order valence-corrected chi connectivity index (χ1v) is 7.24. The molecular weight excluding hydrogens is 331 g/mol. The van der Waals surface area contributed by atoms with Crippen molar-refractivity contribution < 1.29 is 9.13 Å². The number of fused-ring (bicyclic) bond motifs is 1. The van der Waals surface area contributed by atoms with Gasteiger partial charge in [0.15, 0.2) is 4.77 Å². The third kappa shape index (κ3) is 2.75.